The van der Waals surface area contributed by atoms with Crippen LogP contribution in [0.25, 0.3) is 10.8 Å². The van der Waals surface area contributed by atoms with E-state index in [0.717, 1.165) is 23.6 Å². The van der Waals surface area contributed by atoms with Crippen LogP contribution in [0.2, 0.25) is 0 Å². The smallest absolute Gasteiger partial charge is 0.253 e. The van der Waals surface area contributed by atoms with E-state index in [1.54, 1.807) is 0 Å². The molecular formula is C15H16N4O2. The second-order valence-electron chi connectivity index (χ2n) is 5.13. The summed E-state index contributed by atoms with van der Waals surface area (Å²) in [7, 11) is 0. The van der Waals surface area contributed by atoms with Crippen LogP contribution in [0.1, 0.15) is 23.2 Å². The van der Waals surface area contributed by atoms with Crippen molar-refractivity contribution in [2.24, 2.45) is 0 Å². The van der Waals surface area contributed by atoms with Crippen molar-refractivity contribution in [3.63, 3.8) is 0 Å². The van der Waals surface area contributed by atoms with E-state index in [-0.39, 0.29) is 24.4 Å². The Morgan fingerprint density at radius 1 is 1.24 bits per heavy atom. The maximum absolute atomic E-state index is 12.2. The van der Waals surface area contributed by atoms with Gasteiger partial charge in [-0.15, -0.1) is 0 Å². The molecule has 0 aliphatic heterocycles. The Morgan fingerprint density at radius 2 is 1.95 bits per heavy atom. The molecule has 1 aromatic carbocycles. The van der Waals surface area contributed by atoms with Gasteiger partial charge in [-0.1, -0.05) is 24.3 Å². The zero-order chi connectivity index (χ0) is 14.8. The molecule has 108 valence electrons. The monoisotopic (exact) mass is 284 g/mol. The molecule has 0 spiro atoms. The zero-order valence-electron chi connectivity index (χ0n) is 11.4. The predicted octanol–water partition coefficient (Wildman–Crippen LogP) is 0.825. The molecule has 1 aliphatic rings. The molecule has 1 heterocycles. The van der Waals surface area contributed by atoms with Gasteiger partial charge in [0.05, 0.1) is 12.1 Å². The summed E-state index contributed by atoms with van der Waals surface area (Å²) in [6, 6.07) is 7.58. The Labute approximate surface area is 121 Å². The van der Waals surface area contributed by atoms with Gasteiger partial charge in [-0.3, -0.25) is 9.59 Å². The Hall–Kier alpha value is -2.63. The average Bonchev–Trinajstić information content (AvgIpc) is 3.29. The number of nitrogens with two attached hydrogens (primary N) is 1. The molecule has 0 saturated heterocycles. The van der Waals surface area contributed by atoms with Gasteiger partial charge in [-0.25, -0.2) is 4.98 Å². The lowest BCUT2D eigenvalue weighted by molar-refractivity contribution is -0.120. The number of pyridine rings is 1. The van der Waals surface area contributed by atoms with Gasteiger partial charge in [-0.2, -0.15) is 0 Å². The lowest BCUT2D eigenvalue weighted by atomic mass is 10.1. The van der Waals surface area contributed by atoms with E-state index in [0.29, 0.717) is 11.4 Å². The lowest BCUT2D eigenvalue weighted by Gasteiger charge is -2.09. The fourth-order valence-corrected chi connectivity index (χ4v) is 2.16. The van der Waals surface area contributed by atoms with E-state index in [1.807, 2.05) is 24.3 Å². The van der Waals surface area contributed by atoms with Gasteiger partial charge < -0.3 is 16.4 Å². The van der Waals surface area contributed by atoms with Gasteiger partial charge >= 0.3 is 0 Å². The first-order valence-corrected chi connectivity index (χ1v) is 6.86. The van der Waals surface area contributed by atoms with E-state index in [2.05, 4.69) is 15.6 Å². The van der Waals surface area contributed by atoms with Crippen LogP contribution < -0.4 is 16.4 Å². The summed E-state index contributed by atoms with van der Waals surface area (Å²) >= 11 is 0. The number of anilines is 1. The van der Waals surface area contributed by atoms with Crippen molar-refractivity contribution < 1.29 is 9.59 Å². The number of benzene rings is 1. The molecule has 0 radical (unpaired) electrons. The fourth-order valence-electron chi connectivity index (χ4n) is 2.16. The molecule has 6 heteroatoms. The van der Waals surface area contributed by atoms with E-state index in [9.17, 15) is 9.59 Å². The molecule has 21 heavy (non-hydrogen) atoms. The van der Waals surface area contributed by atoms with Gasteiger partial charge in [-0.05, 0) is 18.2 Å². The van der Waals surface area contributed by atoms with E-state index in [1.165, 1.54) is 6.20 Å². The number of nitrogens with zero attached hydrogens (tertiary/aromatic N) is 1. The van der Waals surface area contributed by atoms with Crippen molar-refractivity contribution in [2.45, 2.75) is 18.9 Å². The van der Waals surface area contributed by atoms with Crippen molar-refractivity contribution in [1.29, 1.82) is 0 Å². The van der Waals surface area contributed by atoms with Crippen LogP contribution in [-0.4, -0.2) is 29.4 Å². The molecule has 2 amide bonds. The highest BCUT2D eigenvalue weighted by molar-refractivity contribution is 6.09. The predicted molar refractivity (Wildman–Crippen MR) is 79.7 cm³/mol. The number of fused-ring (bicyclic) bond motifs is 1. The summed E-state index contributed by atoms with van der Waals surface area (Å²) in [5.41, 5.74) is 6.22. The Balaban J connectivity index is 1.75. The Morgan fingerprint density at radius 3 is 2.67 bits per heavy atom. The summed E-state index contributed by atoms with van der Waals surface area (Å²) in [4.78, 5) is 27.8. The molecule has 1 fully saturated rings. The minimum absolute atomic E-state index is 0.0337. The fraction of sp³-hybridized carbons (Fsp3) is 0.267. The van der Waals surface area contributed by atoms with Gasteiger partial charge in [0.2, 0.25) is 5.91 Å². The molecule has 0 unspecified atom stereocenters. The molecular weight excluding hydrogens is 268 g/mol. The third-order valence-electron chi connectivity index (χ3n) is 3.42. The largest absolute Gasteiger partial charge is 0.383 e. The molecule has 1 aliphatic carbocycles. The number of aromatic nitrogens is 1. The van der Waals surface area contributed by atoms with Crippen LogP contribution in [-0.2, 0) is 4.79 Å². The van der Waals surface area contributed by atoms with Crippen LogP contribution in [0.3, 0.4) is 0 Å². The summed E-state index contributed by atoms with van der Waals surface area (Å²) in [5.74, 6) is -0.114. The van der Waals surface area contributed by atoms with Crippen LogP contribution in [0.5, 0.6) is 0 Å². The number of carbonyl (C=O) groups excluding carboxylic acids is 2. The summed E-state index contributed by atoms with van der Waals surface area (Å²) in [5, 5.41) is 6.89. The SMILES string of the molecule is Nc1ncc(C(=O)NCC(=O)NC2CC2)c2ccccc12. The number of amides is 2. The number of nitrogen functional groups attached to an aromatic ring is 1. The first kappa shape index (κ1) is 13.4. The minimum atomic E-state index is -0.329. The minimum Gasteiger partial charge on any atom is -0.383 e. The molecule has 1 saturated carbocycles. The van der Waals surface area contributed by atoms with Crippen LogP contribution >= 0.6 is 0 Å². The van der Waals surface area contributed by atoms with E-state index >= 15 is 0 Å². The maximum Gasteiger partial charge on any atom is 0.253 e. The molecule has 1 aromatic heterocycles. The quantitative estimate of drug-likeness (QED) is 0.774. The highest BCUT2D eigenvalue weighted by Crippen LogP contribution is 2.22. The molecule has 3 rings (SSSR count). The number of hydrogen-bond acceptors (Lipinski definition) is 4. The topological polar surface area (TPSA) is 97.1 Å². The zero-order valence-corrected chi connectivity index (χ0v) is 11.4. The van der Waals surface area contributed by atoms with Crippen molar-refractivity contribution in [3.05, 3.63) is 36.0 Å². The van der Waals surface area contributed by atoms with Crippen LogP contribution in [0, 0.1) is 0 Å². The van der Waals surface area contributed by atoms with E-state index in [4.69, 9.17) is 5.73 Å². The maximum atomic E-state index is 12.2. The van der Waals surface area contributed by atoms with Crippen molar-refractivity contribution in [2.75, 3.05) is 12.3 Å². The molecule has 6 nitrogen and oxygen atoms in total. The highest BCUT2D eigenvalue weighted by atomic mass is 16.2. The Bertz CT molecular complexity index is 710. The van der Waals surface area contributed by atoms with Gasteiger partial charge in [0, 0.05) is 17.6 Å². The first-order chi connectivity index (χ1) is 10.1. The molecule has 2 aromatic rings. The van der Waals surface area contributed by atoms with Crippen molar-refractivity contribution in [1.82, 2.24) is 15.6 Å². The van der Waals surface area contributed by atoms with Gasteiger partial charge in [0.25, 0.3) is 5.91 Å². The first-order valence-electron chi connectivity index (χ1n) is 6.86. The standard InChI is InChI=1S/C15H16N4O2/c16-14-11-4-2-1-3-10(11)12(7-17-14)15(21)18-8-13(20)19-9-5-6-9/h1-4,7,9H,5-6,8H2,(H2,16,17)(H,18,21)(H,19,20). The lowest BCUT2D eigenvalue weighted by Crippen LogP contribution is -2.37. The Kier molecular flexibility index (Phi) is 3.43. The van der Waals surface area contributed by atoms with E-state index < -0.39 is 0 Å². The average molecular weight is 284 g/mol. The summed E-state index contributed by atoms with van der Waals surface area (Å²) < 4.78 is 0. The number of hydrogen-bond donors (Lipinski definition) is 3. The molecule has 0 bridgehead atoms. The molecule has 4 N–H and O–H groups in total. The highest BCUT2D eigenvalue weighted by Gasteiger charge is 2.23. The van der Waals surface area contributed by atoms with Gasteiger partial charge in [0.15, 0.2) is 0 Å². The van der Waals surface area contributed by atoms with Gasteiger partial charge in [0.1, 0.15) is 5.82 Å². The van der Waals surface area contributed by atoms with Crippen molar-refractivity contribution >= 4 is 28.4 Å². The number of carbonyl (C=O) groups is 2. The summed E-state index contributed by atoms with van der Waals surface area (Å²) in [6.07, 6.45) is 3.48. The second-order valence-corrected chi connectivity index (χ2v) is 5.13. The van der Waals surface area contributed by atoms with Crippen LogP contribution in [0.4, 0.5) is 5.82 Å². The van der Waals surface area contributed by atoms with Crippen molar-refractivity contribution in [3.8, 4) is 0 Å². The number of nitrogens with one attached hydrogen (secondary N) is 2. The third-order valence-corrected chi connectivity index (χ3v) is 3.42. The summed E-state index contributed by atoms with van der Waals surface area (Å²) in [6.45, 7) is -0.0337. The number of rotatable bonds is 4. The van der Waals surface area contributed by atoms with Crippen LogP contribution in [0.15, 0.2) is 30.5 Å². The third kappa shape index (κ3) is 2.94. The second kappa shape index (κ2) is 5.40. The molecule has 0 atom stereocenters. The normalized spacial score (nSPS) is 13.9.